The smallest absolute Gasteiger partial charge is 0.354 e. The molecule has 6 heteroatoms. The fourth-order valence-corrected chi connectivity index (χ4v) is 1.55. The van der Waals surface area contributed by atoms with E-state index >= 15 is 0 Å². The van der Waals surface area contributed by atoms with Crippen molar-refractivity contribution in [1.29, 1.82) is 0 Å². The molecule has 1 aliphatic rings. The summed E-state index contributed by atoms with van der Waals surface area (Å²) in [6, 6.07) is 0. The van der Waals surface area contributed by atoms with Crippen LogP contribution in [0, 0.1) is 0 Å². The maximum atomic E-state index is 10.9. The number of H-pyrrole nitrogens is 1. The van der Waals surface area contributed by atoms with Gasteiger partial charge < -0.3 is 10.4 Å². The normalized spacial score (nSPS) is 15.0. The predicted molar refractivity (Wildman–Crippen MR) is 51.8 cm³/mol. The van der Waals surface area contributed by atoms with Crippen LogP contribution in [-0.4, -0.2) is 27.2 Å². The number of nitrogens with zero attached hydrogens (tertiary/aromatic N) is 1. The average Bonchev–Trinajstić information content (AvgIpc) is 2.87. The van der Waals surface area contributed by atoms with Crippen molar-refractivity contribution in [3.8, 4) is 0 Å². The molecule has 1 aromatic heterocycles. The quantitative estimate of drug-likeness (QED) is 0.690. The summed E-state index contributed by atoms with van der Waals surface area (Å²) in [4.78, 5) is 21.7. The summed E-state index contributed by atoms with van der Waals surface area (Å²) in [5.74, 6) is -0.722. The van der Waals surface area contributed by atoms with Crippen molar-refractivity contribution in [2.24, 2.45) is 0 Å². The maximum Gasteiger partial charge on any atom is 0.354 e. The van der Waals surface area contributed by atoms with Gasteiger partial charge in [0.05, 0.1) is 0 Å². The van der Waals surface area contributed by atoms with Crippen molar-refractivity contribution in [2.45, 2.75) is 25.7 Å². The molecule has 1 saturated carbocycles. The van der Waals surface area contributed by atoms with Gasteiger partial charge in [-0.05, 0) is 18.8 Å². The largest absolute Gasteiger partial charge is 0.477 e. The minimum atomic E-state index is -1.04. The molecule has 1 aliphatic carbocycles. The Morgan fingerprint density at radius 1 is 1.53 bits per heavy atom. The molecule has 0 radical (unpaired) electrons. The molecular formula is C9H11N3O3. The van der Waals surface area contributed by atoms with E-state index in [1.807, 2.05) is 0 Å². The molecule has 1 fully saturated rings. The Bertz CT molecular complexity index is 420. The highest BCUT2D eigenvalue weighted by molar-refractivity contribution is 5.93. The number of nitrogens with one attached hydrogen (secondary N) is 2. The maximum absolute atomic E-state index is 10.9. The molecular weight excluding hydrogens is 198 g/mol. The van der Waals surface area contributed by atoms with Gasteiger partial charge in [-0.1, -0.05) is 0 Å². The summed E-state index contributed by atoms with van der Waals surface area (Å²) >= 11 is 0. The third-order valence-corrected chi connectivity index (χ3v) is 2.30. The molecule has 0 bridgehead atoms. The SMILES string of the molecule is CC(=O)Nc1n[nH]c(C(=O)O)c1C1CC1. The lowest BCUT2D eigenvalue weighted by atomic mass is 10.1. The third kappa shape index (κ3) is 1.83. The number of carbonyl (C=O) groups excluding carboxylic acids is 1. The first kappa shape index (κ1) is 9.70. The summed E-state index contributed by atoms with van der Waals surface area (Å²) in [5, 5.41) is 17.7. The Morgan fingerprint density at radius 2 is 2.20 bits per heavy atom. The molecule has 0 aliphatic heterocycles. The summed E-state index contributed by atoms with van der Waals surface area (Å²) in [6.45, 7) is 1.37. The van der Waals surface area contributed by atoms with Crippen LogP contribution in [-0.2, 0) is 4.79 Å². The molecule has 1 amide bonds. The Balaban J connectivity index is 2.37. The lowest BCUT2D eigenvalue weighted by Gasteiger charge is -2.01. The first-order valence-corrected chi connectivity index (χ1v) is 4.68. The van der Waals surface area contributed by atoms with E-state index in [4.69, 9.17) is 5.11 Å². The molecule has 6 nitrogen and oxygen atoms in total. The Hall–Kier alpha value is -1.85. The highest BCUT2D eigenvalue weighted by Gasteiger charge is 2.33. The standard InChI is InChI=1S/C9H11N3O3/c1-4(13)10-8-6(5-2-3-5)7(9(14)15)11-12-8/h5H,2-3H2,1H3,(H,14,15)(H2,10,11,12,13). The van der Waals surface area contributed by atoms with Gasteiger partial charge in [-0.2, -0.15) is 5.10 Å². The van der Waals surface area contributed by atoms with Crippen molar-refractivity contribution in [3.05, 3.63) is 11.3 Å². The first-order valence-electron chi connectivity index (χ1n) is 4.68. The average molecular weight is 209 g/mol. The van der Waals surface area contributed by atoms with Gasteiger partial charge in [0, 0.05) is 12.5 Å². The summed E-state index contributed by atoms with van der Waals surface area (Å²) in [6.07, 6.45) is 1.90. The van der Waals surface area contributed by atoms with E-state index in [0.717, 1.165) is 12.8 Å². The third-order valence-electron chi connectivity index (χ3n) is 2.30. The predicted octanol–water partition coefficient (Wildman–Crippen LogP) is 0.944. The molecule has 15 heavy (non-hydrogen) atoms. The Morgan fingerprint density at radius 3 is 2.67 bits per heavy atom. The van der Waals surface area contributed by atoms with Gasteiger partial charge in [-0.3, -0.25) is 9.89 Å². The number of amides is 1. The van der Waals surface area contributed by atoms with Crippen LogP contribution >= 0.6 is 0 Å². The number of hydrogen-bond acceptors (Lipinski definition) is 3. The van der Waals surface area contributed by atoms with Gasteiger partial charge >= 0.3 is 5.97 Å². The summed E-state index contributed by atoms with van der Waals surface area (Å²) < 4.78 is 0. The molecule has 1 aromatic rings. The fraction of sp³-hybridized carbons (Fsp3) is 0.444. The number of aromatic nitrogens is 2. The molecule has 0 spiro atoms. The summed E-state index contributed by atoms with van der Waals surface area (Å²) in [5.41, 5.74) is 0.707. The van der Waals surface area contributed by atoms with Crippen LogP contribution in [0.2, 0.25) is 0 Å². The summed E-state index contributed by atoms with van der Waals surface area (Å²) in [7, 11) is 0. The molecule has 80 valence electrons. The number of rotatable bonds is 3. The van der Waals surface area contributed by atoms with E-state index < -0.39 is 5.97 Å². The van der Waals surface area contributed by atoms with Crippen molar-refractivity contribution in [2.75, 3.05) is 5.32 Å². The van der Waals surface area contributed by atoms with Gasteiger partial charge in [0.2, 0.25) is 5.91 Å². The van der Waals surface area contributed by atoms with Crippen LogP contribution in [0.3, 0.4) is 0 Å². The molecule has 0 atom stereocenters. The van der Waals surface area contributed by atoms with Gasteiger partial charge in [0.1, 0.15) is 5.69 Å². The lowest BCUT2D eigenvalue weighted by Crippen LogP contribution is -2.08. The number of hydrogen-bond donors (Lipinski definition) is 3. The van der Waals surface area contributed by atoms with Crippen LogP contribution in [0.5, 0.6) is 0 Å². The molecule has 0 unspecified atom stereocenters. The molecule has 2 rings (SSSR count). The van der Waals surface area contributed by atoms with Crippen LogP contribution < -0.4 is 5.32 Å². The highest BCUT2D eigenvalue weighted by Crippen LogP contribution is 2.44. The number of aromatic amines is 1. The monoisotopic (exact) mass is 209 g/mol. The zero-order valence-corrected chi connectivity index (χ0v) is 8.20. The molecule has 3 N–H and O–H groups in total. The molecule has 0 saturated heterocycles. The van der Waals surface area contributed by atoms with Crippen LogP contribution in [0.4, 0.5) is 5.82 Å². The van der Waals surface area contributed by atoms with Gasteiger partial charge in [-0.15, -0.1) is 0 Å². The van der Waals surface area contributed by atoms with Crippen LogP contribution in [0.1, 0.15) is 41.7 Å². The molecule has 1 heterocycles. The Kier molecular flexibility index (Phi) is 2.18. The number of carbonyl (C=O) groups is 2. The van der Waals surface area contributed by atoms with Crippen LogP contribution in [0.15, 0.2) is 0 Å². The number of anilines is 1. The van der Waals surface area contributed by atoms with Crippen molar-refractivity contribution in [1.82, 2.24) is 10.2 Å². The molecule has 0 aromatic carbocycles. The van der Waals surface area contributed by atoms with E-state index in [0.29, 0.717) is 11.4 Å². The number of aromatic carboxylic acids is 1. The number of carboxylic acids is 1. The van der Waals surface area contributed by atoms with E-state index in [1.54, 1.807) is 0 Å². The minimum absolute atomic E-state index is 0.0845. The van der Waals surface area contributed by atoms with Crippen molar-refractivity contribution >= 4 is 17.7 Å². The first-order chi connectivity index (χ1) is 7.09. The van der Waals surface area contributed by atoms with Crippen molar-refractivity contribution in [3.63, 3.8) is 0 Å². The van der Waals surface area contributed by atoms with Crippen molar-refractivity contribution < 1.29 is 14.7 Å². The lowest BCUT2D eigenvalue weighted by molar-refractivity contribution is -0.114. The Labute approximate surface area is 85.7 Å². The zero-order valence-electron chi connectivity index (χ0n) is 8.20. The second-order valence-corrected chi connectivity index (χ2v) is 3.62. The van der Waals surface area contributed by atoms with Gasteiger partial charge in [0.25, 0.3) is 0 Å². The fourth-order valence-electron chi connectivity index (χ4n) is 1.55. The number of carboxylic acid groups (broad SMARTS) is 1. The van der Waals surface area contributed by atoms with Crippen LogP contribution in [0.25, 0.3) is 0 Å². The topological polar surface area (TPSA) is 95.1 Å². The second-order valence-electron chi connectivity index (χ2n) is 3.62. The van der Waals surface area contributed by atoms with E-state index in [2.05, 4.69) is 15.5 Å². The van der Waals surface area contributed by atoms with Gasteiger partial charge in [0.15, 0.2) is 5.82 Å². The zero-order chi connectivity index (χ0) is 11.0. The van der Waals surface area contributed by atoms with Gasteiger partial charge in [-0.25, -0.2) is 4.79 Å². The highest BCUT2D eigenvalue weighted by atomic mass is 16.4. The van der Waals surface area contributed by atoms with E-state index in [1.165, 1.54) is 6.92 Å². The van der Waals surface area contributed by atoms with E-state index in [9.17, 15) is 9.59 Å². The minimum Gasteiger partial charge on any atom is -0.477 e. The van der Waals surface area contributed by atoms with E-state index in [-0.39, 0.29) is 17.5 Å². The second kappa shape index (κ2) is 3.38.